The highest BCUT2D eigenvalue weighted by atomic mass is 32.2. The monoisotopic (exact) mass is 422 g/mol. The van der Waals surface area contributed by atoms with E-state index in [0.717, 1.165) is 19.4 Å². The molecule has 3 rings (SSSR count). The van der Waals surface area contributed by atoms with Crippen LogP contribution < -0.4 is 10.2 Å². The maximum absolute atomic E-state index is 12.5. The molecule has 1 aliphatic rings. The van der Waals surface area contributed by atoms with E-state index in [1.165, 1.54) is 14.1 Å². The lowest BCUT2D eigenvalue weighted by Gasteiger charge is -2.21. The van der Waals surface area contributed by atoms with Crippen molar-refractivity contribution in [2.75, 3.05) is 25.5 Å². The number of amides is 1. The lowest BCUT2D eigenvalue weighted by molar-refractivity contribution is -0.910. The van der Waals surface area contributed by atoms with Crippen LogP contribution in [0.4, 0.5) is 5.69 Å². The van der Waals surface area contributed by atoms with Gasteiger partial charge in [0.25, 0.3) is 5.91 Å². The van der Waals surface area contributed by atoms with E-state index in [2.05, 4.69) is 22.8 Å². The molecule has 1 aliphatic heterocycles. The fourth-order valence-corrected chi connectivity index (χ4v) is 5.81. The highest BCUT2D eigenvalue weighted by Crippen LogP contribution is 2.23. The molecule has 0 radical (unpaired) electrons. The smallest absolute Gasteiger partial charge is 0.279 e. The fraction of sp³-hybridized carbons (Fsp3) is 0.450. The number of sulfonamides is 1. The molecule has 2 atom stereocenters. The summed E-state index contributed by atoms with van der Waals surface area (Å²) >= 11 is 1.75. The lowest BCUT2D eigenvalue weighted by atomic mass is 10.2. The van der Waals surface area contributed by atoms with E-state index in [1.807, 2.05) is 13.8 Å². The Morgan fingerprint density at radius 2 is 2.00 bits per heavy atom. The number of carbonyl (C=O) groups is 1. The summed E-state index contributed by atoms with van der Waals surface area (Å²) in [5.74, 6) is -0.0478. The summed E-state index contributed by atoms with van der Waals surface area (Å²) in [4.78, 5) is 15.4. The first-order valence-corrected chi connectivity index (χ1v) is 11.9. The Morgan fingerprint density at radius 1 is 1.29 bits per heavy atom. The molecule has 2 aromatic rings. The third-order valence-electron chi connectivity index (χ3n) is 5.30. The molecule has 1 unspecified atom stereocenters. The van der Waals surface area contributed by atoms with Gasteiger partial charge < -0.3 is 10.2 Å². The molecule has 0 bridgehead atoms. The van der Waals surface area contributed by atoms with Crippen molar-refractivity contribution in [3.8, 4) is 0 Å². The Labute approximate surface area is 171 Å². The predicted molar refractivity (Wildman–Crippen MR) is 112 cm³/mol. The van der Waals surface area contributed by atoms with Gasteiger partial charge in [0, 0.05) is 31.6 Å². The van der Waals surface area contributed by atoms with Crippen LogP contribution >= 0.6 is 11.3 Å². The van der Waals surface area contributed by atoms with Crippen LogP contribution in [0.1, 0.15) is 37.6 Å². The molecule has 1 amide bonds. The Balaban J connectivity index is 1.62. The van der Waals surface area contributed by atoms with Gasteiger partial charge >= 0.3 is 0 Å². The van der Waals surface area contributed by atoms with Gasteiger partial charge in [-0.3, -0.25) is 4.79 Å². The Bertz CT molecular complexity index is 893. The summed E-state index contributed by atoms with van der Waals surface area (Å²) in [6.07, 6.45) is 2.24. The lowest BCUT2D eigenvalue weighted by Crippen LogP contribution is -3.11. The van der Waals surface area contributed by atoms with E-state index in [4.69, 9.17) is 0 Å². The highest BCUT2D eigenvalue weighted by Gasteiger charge is 2.32. The van der Waals surface area contributed by atoms with Crippen molar-refractivity contribution in [1.29, 1.82) is 0 Å². The van der Waals surface area contributed by atoms with Crippen LogP contribution in [-0.2, 0) is 14.8 Å². The van der Waals surface area contributed by atoms with Gasteiger partial charge in [0.1, 0.15) is 6.04 Å². The number of hydrogen-bond acceptors (Lipinski definition) is 4. The molecule has 0 spiro atoms. The topological polar surface area (TPSA) is 70.9 Å². The van der Waals surface area contributed by atoms with Crippen LogP contribution in [0, 0.1) is 0 Å². The van der Waals surface area contributed by atoms with E-state index < -0.39 is 10.0 Å². The van der Waals surface area contributed by atoms with Crippen LogP contribution in [0.2, 0.25) is 0 Å². The molecular formula is C20H28N3O3S2+. The molecule has 152 valence electrons. The van der Waals surface area contributed by atoms with Gasteiger partial charge in [-0.05, 0) is 49.6 Å². The van der Waals surface area contributed by atoms with Gasteiger partial charge in [-0.15, -0.1) is 11.3 Å². The van der Waals surface area contributed by atoms with Gasteiger partial charge in [-0.25, -0.2) is 8.42 Å². The minimum Gasteiger partial charge on any atom is -0.321 e. The van der Waals surface area contributed by atoms with Gasteiger partial charge in [0.2, 0.25) is 10.0 Å². The van der Waals surface area contributed by atoms with Crippen LogP contribution in [0.3, 0.4) is 0 Å². The number of quaternary nitrogens is 1. The zero-order chi connectivity index (χ0) is 20.3. The molecule has 6 nitrogen and oxygen atoms in total. The molecular weight excluding hydrogens is 394 g/mol. The summed E-state index contributed by atoms with van der Waals surface area (Å²) < 4.78 is 26.4. The molecule has 28 heavy (non-hydrogen) atoms. The quantitative estimate of drug-likeness (QED) is 0.718. The largest absolute Gasteiger partial charge is 0.321 e. The number of benzene rings is 1. The van der Waals surface area contributed by atoms with Crippen LogP contribution in [0.5, 0.6) is 0 Å². The maximum atomic E-state index is 12.5. The first kappa shape index (κ1) is 21.0. The third-order valence-corrected chi connectivity index (χ3v) is 8.33. The van der Waals surface area contributed by atoms with E-state index in [1.54, 1.807) is 42.6 Å². The number of carbonyl (C=O) groups excluding carboxylic acids is 1. The number of hydrogen-bond donors (Lipinski definition) is 2. The molecule has 2 heterocycles. The second kappa shape index (κ2) is 8.73. The zero-order valence-corrected chi connectivity index (χ0v) is 18.1. The third kappa shape index (κ3) is 4.63. The normalized spacial score (nSPS) is 20.0. The van der Waals surface area contributed by atoms with Crippen LogP contribution in [-0.4, -0.2) is 44.8 Å². The molecule has 0 aliphatic carbocycles. The van der Waals surface area contributed by atoms with Crippen LogP contribution in [0.15, 0.2) is 46.7 Å². The number of likely N-dealkylation sites (tertiary alicyclic amines) is 1. The molecule has 1 fully saturated rings. The average Bonchev–Trinajstić information content (AvgIpc) is 3.32. The number of nitrogens with one attached hydrogen (secondary N) is 2. The average molecular weight is 423 g/mol. The van der Waals surface area contributed by atoms with E-state index >= 15 is 0 Å². The molecule has 1 aromatic carbocycles. The number of anilines is 1. The maximum Gasteiger partial charge on any atom is 0.279 e. The summed E-state index contributed by atoms with van der Waals surface area (Å²) in [6.45, 7) is 5.07. The number of thiophene rings is 1. The predicted octanol–water partition coefficient (Wildman–Crippen LogP) is 2.14. The van der Waals surface area contributed by atoms with Crippen molar-refractivity contribution < 1.29 is 18.1 Å². The summed E-state index contributed by atoms with van der Waals surface area (Å²) in [5.41, 5.74) is 0.613. The summed E-state index contributed by atoms with van der Waals surface area (Å²) in [6, 6.07) is 10.9. The van der Waals surface area contributed by atoms with Crippen molar-refractivity contribution >= 4 is 33.0 Å². The number of nitrogens with zero attached hydrogens (tertiary/aromatic N) is 1. The standard InChI is InChI=1S/C20H27N3O3S2/c1-15(2)22(3)28(25,26)17-10-8-16(9-11-17)21-20(24)14-23-12-4-6-18(23)19-7-5-13-27-19/h5,7-11,13,15,18H,4,6,12,14H2,1-3H3,(H,21,24)/p+1/t18-/m1/s1. The van der Waals surface area contributed by atoms with Gasteiger partial charge in [0.05, 0.1) is 16.3 Å². The minimum atomic E-state index is -3.52. The van der Waals surface area contributed by atoms with E-state index in [0.29, 0.717) is 18.3 Å². The van der Waals surface area contributed by atoms with Crippen LogP contribution in [0.25, 0.3) is 0 Å². The molecule has 0 saturated carbocycles. The van der Waals surface area contributed by atoms with E-state index in [9.17, 15) is 13.2 Å². The van der Waals surface area contributed by atoms with Crippen molar-refractivity contribution in [2.24, 2.45) is 0 Å². The first-order valence-electron chi connectivity index (χ1n) is 9.55. The highest BCUT2D eigenvalue weighted by molar-refractivity contribution is 7.89. The fourth-order valence-electron chi connectivity index (χ4n) is 3.52. The SMILES string of the molecule is CC(C)N(C)S(=O)(=O)c1ccc(NC(=O)C[NH+]2CCC[C@@H]2c2cccs2)cc1. The van der Waals surface area contributed by atoms with Crippen molar-refractivity contribution in [2.45, 2.75) is 43.7 Å². The Morgan fingerprint density at radius 3 is 2.61 bits per heavy atom. The van der Waals surface area contributed by atoms with Crippen molar-refractivity contribution in [3.63, 3.8) is 0 Å². The first-order chi connectivity index (χ1) is 13.3. The molecule has 1 aromatic heterocycles. The second-order valence-corrected chi connectivity index (χ2v) is 10.5. The zero-order valence-electron chi connectivity index (χ0n) is 16.5. The Hall–Kier alpha value is -1.74. The molecule has 2 N–H and O–H groups in total. The van der Waals surface area contributed by atoms with Gasteiger partial charge in [-0.2, -0.15) is 4.31 Å². The number of rotatable bonds is 7. The second-order valence-electron chi connectivity index (χ2n) is 7.48. The summed E-state index contributed by atoms with van der Waals surface area (Å²) in [7, 11) is -1.95. The van der Waals surface area contributed by atoms with Gasteiger partial charge in [0.15, 0.2) is 6.54 Å². The molecule has 1 saturated heterocycles. The van der Waals surface area contributed by atoms with E-state index in [-0.39, 0.29) is 16.8 Å². The summed E-state index contributed by atoms with van der Waals surface area (Å²) in [5, 5.41) is 4.98. The van der Waals surface area contributed by atoms with Crippen molar-refractivity contribution in [1.82, 2.24) is 4.31 Å². The minimum absolute atomic E-state index is 0.0478. The van der Waals surface area contributed by atoms with Gasteiger partial charge in [-0.1, -0.05) is 6.07 Å². The molecule has 8 heteroatoms. The van der Waals surface area contributed by atoms with Crippen molar-refractivity contribution in [3.05, 3.63) is 46.7 Å². The Kier molecular flexibility index (Phi) is 6.54.